The third kappa shape index (κ3) is 4.36. The number of ether oxygens (including phenoxy) is 1. The highest BCUT2D eigenvalue weighted by molar-refractivity contribution is 6.16. The van der Waals surface area contributed by atoms with E-state index >= 15 is 0 Å². The summed E-state index contributed by atoms with van der Waals surface area (Å²) in [5, 5.41) is 20.9. The highest BCUT2D eigenvalue weighted by Crippen LogP contribution is 2.44. The van der Waals surface area contributed by atoms with Gasteiger partial charge in [-0.2, -0.15) is 0 Å². The molecule has 0 amide bonds. The summed E-state index contributed by atoms with van der Waals surface area (Å²) in [6, 6.07) is 17.2. The van der Waals surface area contributed by atoms with Crippen molar-refractivity contribution in [3.05, 3.63) is 82.4 Å². The second-order valence-electron chi connectivity index (χ2n) is 12.6. The van der Waals surface area contributed by atoms with Crippen LogP contribution in [0.4, 0.5) is 0 Å². The first-order valence-corrected chi connectivity index (χ1v) is 12.8. The molecular weight excluding hydrogens is 478 g/mol. The molecule has 7 nitrogen and oxygen atoms in total. The van der Waals surface area contributed by atoms with Crippen LogP contribution in [-0.2, 0) is 15.6 Å². The smallest absolute Gasteiger partial charge is 0.346 e. The van der Waals surface area contributed by atoms with E-state index in [0.717, 1.165) is 23.1 Å². The fourth-order valence-electron chi connectivity index (χ4n) is 5.68. The van der Waals surface area contributed by atoms with Gasteiger partial charge < -0.3 is 9.84 Å². The second-order valence-corrected chi connectivity index (χ2v) is 12.6. The Morgan fingerprint density at radius 1 is 0.789 bits per heavy atom. The van der Waals surface area contributed by atoms with Crippen molar-refractivity contribution in [3.8, 4) is 11.4 Å². The number of phenolic OH excluding ortho intramolecular Hbond substituents is 1. The molecule has 3 aromatic carbocycles. The molecule has 1 aliphatic heterocycles. The van der Waals surface area contributed by atoms with Crippen molar-refractivity contribution in [3.63, 3.8) is 0 Å². The average molecular weight is 512 g/mol. The Morgan fingerprint density at radius 3 is 1.87 bits per heavy atom. The predicted molar refractivity (Wildman–Crippen MR) is 146 cm³/mol. The summed E-state index contributed by atoms with van der Waals surface area (Å²) < 4.78 is 4.71. The van der Waals surface area contributed by atoms with Crippen molar-refractivity contribution >= 4 is 23.0 Å². The summed E-state index contributed by atoms with van der Waals surface area (Å²) in [5.41, 5.74) is 3.88. The van der Waals surface area contributed by atoms with Gasteiger partial charge in [0.1, 0.15) is 22.5 Å². The van der Waals surface area contributed by atoms with Gasteiger partial charge in [-0.1, -0.05) is 84.9 Å². The lowest BCUT2D eigenvalue weighted by atomic mass is 9.70. The van der Waals surface area contributed by atoms with Crippen LogP contribution in [0.1, 0.15) is 92.3 Å². The molecule has 0 saturated heterocycles. The van der Waals surface area contributed by atoms with Gasteiger partial charge in [-0.25, -0.2) is 9.59 Å². The topological polar surface area (TPSA) is 94.3 Å². The van der Waals surface area contributed by atoms with Crippen molar-refractivity contribution in [2.75, 3.05) is 0 Å². The lowest BCUT2D eigenvalue weighted by Gasteiger charge is -2.35. The monoisotopic (exact) mass is 511 g/mol. The number of esters is 2. The number of hydrogen-bond donors (Lipinski definition) is 1. The molecule has 0 radical (unpaired) electrons. The fourth-order valence-corrected chi connectivity index (χ4v) is 5.68. The molecule has 7 heteroatoms. The largest absolute Gasteiger partial charge is 0.505 e. The number of hydrogen-bond acceptors (Lipinski definition) is 6. The summed E-state index contributed by atoms with van der Waals surface area (Å²) in [5.74, 6) is -1.30. The summed E-state index contributed by atoms with van der Waals surface area (Å²) in [6.45, 7) is 15.3. The normalized spacial score (nSPS) is 14.2. The van der Waals surface area contributed by atoms with E-state index in [1.165, 1.54) is 16.9 Å². The standard InChI is InChI=1S/C31H33N3O4/c1-29(2,3)17-30(4,5)19-13-22(31(6,7)18-11-9-8-10-12-18)26(35)25(14-19)34-32-23-15-20-21(16-24(23)33-34)28(37)38-27(20)36/h8-16,35H,17H2,1-7H3. The maximum Gasteiger partial charge on any atom is 0.346 e. The Balaban J connectivity index is 1.74. The molecule has 0 unspecified atom stereocenters. The number of carbonyl (C=O) groups is 2. The molecule has 0 bridgehead atoms. The molecule has 196 valence electrons. The first kappa shape index (κ1) is 25.6. The Hall–Kier alpha value is -4.00. The molecule has 4 aromatic rings. The summed E-state index contributed by atoms with van der Waals surface area (Å²) >= 11 is 0. The molecule has 0 spiro atoms. The van der Waals surface area contributed by atoms with Crippen LogP contribution in [-0.4, -0.2) is 32.0 Å². The first-order valence-electron chi connectivity index (χ1n) is 12.8. The van der Waals surface area contributed by atoms with Crippen molar-refractivity contribution in [1.82, 2.24) is 15.0 Å². The van der Waals surface area contributed by atoms with Gasteiger partial charge in [0.05, 0.1) is 11.1 Å². The fraction of sp³-hybridized carbons (Fsp3) is 0.355. The number of nitrogens with zero attached hydrogens (tertiary/aromatic N) is 3. The number of cyclic esters (lactones) is 2. The van der Waals surface area contributed by atoms with Gasteiger partial charge in [-0.15, -0.1) is 15.0 Å². The SMILES string of the molecule is CC(C)(C)CC(C)(C)c1cc(-n2nc3cc4c(cc3n2)C(=O)OC4=O)c(O)c(C(C)(C)c2ccccc2)c1. The molecule has 38 heavy (non-hydrogen) atoms. The molecule has 2 heterocycles. The molecule has 1 N–H and O–H groups in total. The lowest BCUT2D eigenvalue weighted by molar-refractivity contribution is 0.0443. The van der Waals surface area contributed by atoms with Crippen molar-refractivity contribution in [1.29, 1.82) is 0 Å². The number of aromatic hydroxyl groups is 1. The zero-order chi connectivity index (χ0) is 27.6. The lowest BCUT2D eigenvalue weighted by Crippen LogP contribution is -2.27. The van der Waals surface area contributed by atoms with Crippen molar-refractivity contribution < 1.29 is 19.4 Å². The molecule has 1 aliphatic rings. The van der Waals surface area contributed by atoms with E-state index < -0.39 is 17.4 Å². The number of benzene rings is 3. The maximum absolute atomic E-state index is 12.1. The van der Waals surface area contributed by atoms with Gasteiger partial charge in [-0.3, -0.25) is 0 Å². The summed E-state index contributed by atoms with van der Waals surface area (Å²) in [7, 11) is 0. The number of rotatable bonds is 5. The quantitative estimate of drug-likeness (QED) is 0.244. The van der Waals surface area contributed by atoms with E-state index in [0.29, 0.717) is 16.7 Å². The van der Waals surface area contributed by atoms with E-state index in [2.05, 4.69) is 76.9 Å². The van der Waals surface area contributed by atoms with Gasteiger partial charge in [0.15, 0.2) is 0 Å². The average Bonchev–Trinajstić information content (AvgIpc) is 3.36. The van der Waals surface area contributed by atoms with Crippen LogP contribution >= 0.6 is 0 Å². The van der Waals surface area contributed by atoms with Crippen LogP contribution in [0.15, 0.2) is 54.6 Å². The number of carbonyl (C=O) groups excluding carboxylic acids is 2. The highest BCUT2D eigenvalue weighted by atomic mass is 16.6. The van der Waals surface area contributed by atoms with Crippen LogP contribution in [0.2, 0.25) is 0 Å². The number of phenols is 1. The van der Waals surface area contributed by atoms with E-state index in [9.17, 15) is 14.7 Å². The summed E-state index contributed by atoms with van der Waals surface area (Å²) in [6.07, 6.45) is 0.918. The predicted octanol–water partition coefficient (Wildman–Crippen LogP) is 6.48. The Kier molecular flexibility index (Phi) is 5.74. The minimum absolute atomic E-state index is 0.0804. The van der Waals surface area contributed by atoms with E-state index in [1.54, 1.807) is 0 Å². The van der Waals surface area contributed by atoms with E-state index in [4.69, 9.17) is 4.74 Å². The molecular formula is C31H33N3O4. The molecule has 0 atom stereocenters. The Bertz CT molecular complexity index is 1540. The van der Waals surface area contributed by atoms with Gasteiger partial charge in [0.2, 0.25) is 0 Å². The van der Waals surface area contributed by atoms with E-state index in [-0.39, 0.29) is 27.7 Å². The van der Waals surface area contributed by atoms with Gasteiger partial charge >= 0.3 is 11.9 Å². The minimum atomic E-state index is -0.692. The Labute approximate surface area is 222 Å². The van der Waals surface area contributed by atoms with Gasteiger partial charge in [0.25, 0.3) is 0 Å². The highest BCUT2D eigenvalue weighted by Gasteiger charge is 2.35. The third-order valence-electron chi connectivity index (χ3n) is 7.37. The van der Waals surface area contributed by atoms with Crippen LogP contribution in [0.5, 0.6) is 5.75 Å². The van der Waals surface area contributed by atoms with E-state index in [1.807, 2.05) is 24.3 Å². The van der Waals surface area contributed by atoms with Gasteiger partial charge in [0, 0.05) is 11.0 Å². The number of aromatic nitrogens is 3. The maximum atomic E-state index is 12.1. The van der Waals surface area contributed by atoms with Crippen molar-refractivity contribution in [2.24, 2.45) is 5.41 Å². The third-order valence-corrected chi connectivity index (χ3v) is 7.37. The zero-order valence-electron chi connectivity index (χ0n) is 22.9. The van der Waals surface area contributed by atoms with Crippen molar-refractivity contribution in [2.45, 2.75) is 65.7 Å². The van der Waals surface area contributed by atoms with Crippen LogP contribution < -0.4 is 0 Å². The van der Waals surface area contributed by atoms with Crippen LogP contribution in [0.3, 0.4) is 0 Å². The molecule has 0 aliphatic carbocycles. The van der Waals surface area contributed by atoms with Crippen LogP contribution in [0.25, 0.3) is 16.7 Å². The summed E-state index contributed by atoms with van der Waals surface area (Å²) in [4.78, 5) is 25.5. The minimum Gasteiger partial charge on any atom is -0.505 e. The molecule has 5 rings (SSSR count). The molecule has 0 saturated carbocycles. The second kappa shape index (κ2) is 8.51. The molecule has 1 aromatic heterocycles. The van der Waals surface area contributed by atoms with Crippen LogP contribution in [0, 0.1) is 5.41 Å². The first-order chi connectivity index (χ1) is 17.7. The molecule has 0 fully saturated rings. The van der Waals surface area contributed by atoms with Gasteiger partial charge in [-0.05, 0) is 46.6 Å². The number of fused-ring (bicyclic) bond motifs is 2. The Morgan fingerprint density at radius 2 is 1.34 bits per heavy atom. The zero-order valence-corrected chi connectivity index (χ0v) is 22.9.